The van der Waals surface area contributed by atoms with E-state index in [-0.39, 0.29) is 6.04 Å². The van der Waals surface area contributed by atoms with Crippen molar-refractivity contribution in [3.05, 3.63) is 11.9 Å². The molecule has 4 heteroatoms. The van der Waals surface area contributed by atoms with Gasteiger partial charge in [-0.1, -0.05) is 6.92 Å². The molecule has 0 bridgehead atoms. The van der Waals surface area contributed by atoms with Crippen LogP contribution in [-0.2, 0) is 6.54 Å². The molecule has 1 N–H and O–H groups in total. The summed E-state index contributed by atoms with van der Waals surface area (Å²) in [5, 5.41) is 7.50. The number of rotatable bonds is 5. The minimum Gasteiger partial charge on any atom is -0.493 e. The Bertz CT molecular complexity index is 283. The molecule has 0 saturated heterocycles. The minimum absolute atomic E-state index is 0.263. The zero-order valence-electron chi connectivity index (χ0n) is 9.37. The lowest BCUT2D eigenvalue weighted by molar-refractivity contribution is 0.397. The van der Waals surface area contributed by atoms with Crippen LogP contribution in [0.15, 0.2) is 6.20 Å². The third-order valence-electron chi connectivity index (χ3n) is 2.34. The first-order valence-corrected chi connectivity index (χ1v) is 5.01. The van der Waals surface area contributed by atoms with Crippen LogP contribution in [0.4, 0.5) is 0 Å². The Labute approximate surface area is 85.3 Å². The van der Waals surface area contributed by atoms with Crippen LogP contribution in [0.25, 0.3) is 0 Å². The van der Waals surface area contributed by atoms with Crippen LogP contribution in [-0.4, -0.2) is 23.9 Å². The molecule has 1 aromatic rings. The lowest BCUT2D eigenvalue weighted by Crippen LogP contribution is -2.18. The van der Waals surface area contributed by atoms with Gasteiger partial charge < -0.3 is 10.1 Å². The second kappa shape index (κ2) is 5.00. The van der Waals surface area contributed by atoms with Crippen molar-refractivity contribution < 1.29 is 4.74 Å². The highest BCUT2D eigenvalue weighted by Crippen LogP contribution is 2.24. The van der Waals surface area contributed by atoms with E-state index < -0.39 is 0 Å². The summed E-state index contributed by atoms with van der Waals surface area (Å²) >= 11 is 0. The third kappa shape index (κ3) is 2.07. The van der Waals surface area contributed by atoms with E-state index in [0.29, 0.717) is 0 Å². The highest BCUT2D eigenvalue weighted by atomic mass is 16.5. The van der Waals surface area contributed by atoms with Crippen molar-refractivity contribution in [3.8, 4) is 5.75 Å². The van der Waals surface area contributed by atoms with Gasteiger partial charge in [-0.2, -0.15) is 5.10 Å². The van der Waals surface area contributed by atoms with Gasteiger partial charge in [-0.3, -0.25) is 4.68 Å². The molecule has 0 radical (unpaired) electrons. The van der Waals surface area contributed by atoms with Gasteiger partial charge in [0.15, 0.2) is 5.75 Å². The molecule has 0 aromatic carbocycles. The molecule has 1 rings (SSSR count). The lowest BCUT2D eigenvalue weighted by Gasteiger charge is -2.14. The number of ether oxygens (including phenoxy) is 1. The smallest absolute Gasteiger partial charge is 0.161 e. The quantitative estimate of drug-likeness (QED) is 0.779. The maximum atomic E-state index is 5.27. The summed E-state index contributed by atoms with van der Waals surface area (Å²) in [5.41, 5.74) is 1.12. The maximum Gasteiger partial charge on any atom is 0.161 e. The Morgan fingerprint density at radius 2 is 2.36 bits per heavy atom. The molecule has 80 valence electrons. The molecule has 0 amide bonds. The second-order valence-corrected chi connectivity index (χ2v) is 3.33. The second-order valence-electron chi connectivity index (χ2n) is 3.33. The number of hydrogen-bond acceptors (Lipinski definition) is 3. The Balaban J connectivity index is 2.99. The van der Waals surface area contributed by atoms with E-state index in [0.717, 1.165) is 24.4 Å². The van der Waals surface area contributed by atoms with Crippen molar-refractivity contribution in [2.45, 2.75) is 32.9 Å². The Kier molecular flexibility index (Phi) is 3.95. The lowest BCUT2D eigenvalue weighted by atomic mass is 10.2. The summed E-state index contributed by atoms with van der Waals surface area (Å²) < 4.78 is 7.27. The standard InChI is InChI=1S/C10H19N3O/c1-5-6-13-10(8(2)11-3)9(14-4)7-12-13/h7-8,11H,5-6H2,1-4H3. The molecule has 0 spiro atoms. The van der Waals surface area contributed by atoms with E-state index in [2.05, 4.69) is 24.3 Å². The number of methoxy groups -OCH3 is 1. The van der Waals surface area contributed by atoms with Crippen molar-refractivity contribution in [3.63, 3.8) is 0 Å². The van der Waals surface area contributed by atoms with Crippen molar-refractivity contribution in [1.29, 1.82) is 0 Å². The zero-order chi connectivity index (χ0) is 10.6. The van der Waals surface area contributed by atoms with E-state index in [9.17, 15) is 0 Å². The average molecular weight is 197 g/mol. The SMILES string of the molecule is CCCn1ncc(OC)c1C(C)NC. The minimum atomic E-state index is 0.263. The molecular formula is C10H19N3O. The average Bonchev–Trinajstić information content (AvgIpc) is 2.60. The van der Waals surface area contributed by atoms with Gasteiger partial charge in [-0.15, -0.1) is 0 Å². The summed E-state index contributed by atoms with van der Waals surface area (Å²) in [7, 11) is 3.62. The number of nitrogens with zero attached hydrogens (tertiary/aromatic N) is 2. The maximum absolute atomic E-state index is 5.27. The van der Waals surface area contributed by atoms with Crippen molar-refractivity contribution in [2.24, 2.45) is 0 Å². The van der Waals surface area contributed by atoms with Gasteiger partial charge in [0.2, 0.25) is 0 Å². The number of aromatic nitrogens is 2. The molecule has 1 atom stereocenters. The predicted molar refractivity (Wildman–Crippen MR) is 56.5 cm³/mol. The largest absolute Gasteiger partial charge is 0.493 e. The van der Waals surface area contributed by atoms with Gasteiger partial charge in [0.25, 0.3) is 0 Å². The first kappa shape index (κ1) is 11.0. The number of nitrogens with one attached hydrogen (secondary N) is 1. The molecule has 0 aliphatic rings. The molecule has 4 nitrogen and oxygen atoms in total. The molecule has 1 unspecified atom stereocenters. The van der Waals surface area contributed by atoms with E-state index in [4.69, 9.17) is 4.74 Å². The number of hydrogen-bond donors (Lipinski definition) is 1. The van der Waals surface area contributed by atoms with Crippen LogP contribution < -0.4 is 10.1 Å². The van der Waals surface area contributed by atoms with Crippen LogP contribution in [0.2, 0.25) is 0 Å². The Morgan fingerprint density at radius 3 is 2.86 bits per heavy atom. The number of aryl methyl sites for hydroxylation is 1. The van der Waals surface area contributed by atoms with E-state index in [1.165, 1.54) is 0 Å². The highest BCUT2D eigenvalue weighted by molar-refractivity contribution is 5.27. The van der Waals surface area contributed by atoms with E-state index in [1.807, 2.05) is 11.7 Å². The van der Waals surface area contributed by atoms with Gasteiger partial charge in [0.05, 0.1) is 19.0 Å². The highest BCUT2D eigenvalue weighted by Gasteiger charge is 2.15. The van der Waals surface area contributed by atoms with E-state index in [1.54, 1.807) is 13.3 Å². The van der Waals surface area contributed by atoms with Crippen molar-refractivity contribution in [1.82, 2.24) is 15.1 Å². The van der Waals surface area contributed by atoms with Gasteiger partial charge >= 0.3 is 0 Å². The van der Waals surface area contributed by atoms with Crippen molar-refractivity contribution in [2.75, 3.05) is 14.2 Å². The van der Waals surface area contributed by atoms with Crippen LogP contribution >= 0.6 is 0 Å². The van der Waals surface area contributed by atoms with Crippen LogP contribution in [0.1, 0.15) is 32.0 Å². The Morgan fingerprint density at radius 1 is 1.64 bits per heavy atom. The fraction of sp³-hybridized carbons (Fsp3) is 0.700. The van der Waals surface area contributed by atoms with Crippen molar-refractivity contribution >= 4 is 0 Å². The van der Waals surface area contributed by atoms with Gasteiger partial charge in [-0.05, 0) is 20.4 Å². The summed E-state index contributed by atoms with van der Waals surface area (Å²) in [6.07, 6.45) is 2.85. The topological polar surface area (TPSA) is 39.1 Å². The molecule has 0 aliphatic heterocycles. The monoisotopic (exact) mass is 197 g/mol. The van der Waals surface area contributed by atoms with Gasteiger partial charge in [-0.25, -0.2) is 0 Å². The Hall–Kier alpha value is -1.03. The molecule has 1 heterocycles. The molecule has 0 saturated carbocycles. The first-order valence-electron chi connectivity index (χ1n) is 5.01. The van der Waals surface area contributed by atoms with Crippen LogP contribution in [0.3, 0.4) is 0 Å². The van der Waals surface area contributed by atoms with Crippen LogP contribution in [0.5, 0.6) is 5.75 Å². The van der Waals surface area contributed by atoms with Gasteiger partial charge in [0.1, 0.15) is 0 Å². The zero-order valence-corrected chi connectivity index (χ0v) is 9.37. The third-order valence-corrected chi connectivity index (χ3v) is 2.34. The van der Waals surface area contributed by atoms with Crippen LogP contribution in [0, 0.1) is 0 Å². The molecule has 14 heavy (non-hydrogen) atoms. The summed E-state index contributed by atoms with van der Waals surface area (Å²) in [5.74, 6) is 0.861. The summed E-state index contributed by atoms with van der Waals surface area (Å²) in [4.78, 5) is 0. The molecule has 0 fully saturated rings. The summed E-state index contributed by atoms with van der Waals surface area (Å²) in [6.45, 7) is 5.18. The van der Waals surface area contributed by atoms with E-state index >= 15 is 0 Å². The van der Waals surface area contributed by atoms with Gasteiger partial charge in [0, 0.05) is 12.6 Å². The molecule has 0 aliphatic carbocycles. The molecular weight excluding hydrogens is 178 g/mol. The fourth-order valence-electron chi connectivity index (χ4n) is 1.50. The predicted octanol–water partition coefficient (Wildman–Crippen LogP) is 1.58. The molecule has 1 aromatic heterocycles. The first-order chi connectivity index (χ1) is 6.74. The summed E-state index contributed by atoms with van der Waals surface area (Å²) in [6, 6.07) is 0.263. The normalized spacial score (nSPS) is 12.9. The fourth-order valence-corrected chi connectivity index (χ4v) is 1.50.